The number of aryl methyl sites for hydroxylation is 1. The number of alkyl halides is 3. The van der Waals surface area contributed by atoms with Crippen molar-refractivity contribution >= 4 is 0 Å². The molecule has 1 aliphatic rings. The van der Waals surface area contributed by atoms with Gasteiger partial charge in [0.2, 0.25) is 0 Å². The summed E-state index contributed by atoms with van der Waals surface area (Å²) in [6.45, 7) is 7.01. The summed E-state index contributed by atoms with van der Waals surface area (Å²) < 4.78 is 39.2. The third kappa shape index (κ3) is 4.02. The third-order valence-electron chi connectivity index (χ3n) is 4.34. The van der Waals surface area contributed by atoms with Crippen LogP contribution in [0, 0.1) is 6.92 Å². The van der Waals surface area contributed by atoms with E-state index in [-0.39, 0.29) is 0 Å². The molecule has 126 valence electrons. The van der Waals surface area contributed by atoms with Crippen LogP contribution in [0.15, 0.2) is 24.3 Å². The molecule has 2 rings (SSSR count). The number of piperidine rings is 1. The van der Waals surface area contributed by atoms with Crippen molar-refractivity contribution in [1.29, 1.82) is 0 Å². The van der Waals surface area contributed by atoms with Crippen molar-refractivity contribution in [1.82, 2.24) is 4.90 Å². The maximum Gasteiger partial charge on any atom is 0.415 e. The zero-order valence-corrected chi connectivity index (χ0v) is 13.7. The van der Waals surface area contributed by atoms with Crippen LogP contribution < -0.4 is 0 Å². The smallest absolute Gasteiger partial charge is 0.383 e. The largest absolute Gasteiger partial charge is 0.415 e. The second-order valence-corrected chi connectivity index (χ2v) is 5.77. The van der Waals surface area contributed by atoms with Crippen LogP contribution in [0.1, 0.15) is 37.8 Å². The van der Waals surface area contributed by atoms with Gasteiger partial charge in [-0.2, -0.15) is 13.2 Å². The molecule has 1 atom stereocenters. The standard InChI is InChI=1S/C15H20F3NO.C2H6/c1-11-3-5-12(6-4-11)14(13(20)15(16,17)18)7-9-19(2)10-8-14;1-2/h3-6,13,20H,7-10H2,1-2H3;1-2H3. The summed E-state index contributed by atoms with van der Waals surface area (Å²) >= 11 is 0. The molecule has 0 bridgehead atoms. The van der Waals surface area contributed by atoms with E-state index in [0.717, 1.165) is 5.56 Å². The number of halogens is 3. The van der Waals surface area contributed by atoms with Gasteiger partial charge in [-0.1, -0.05) is 43.7 Å². The lowest BCUT2D eigenvalue weighted by atomic mass is 9.68. The van der Waals surface area contributed by atoms with Gasteiger partial charge < -0.3 is 10.0 Å². The zero-order chi connectivity index (χ0) is 17.0. The van der Waals surface area contributed by atoms with E-state index >= 15 is 0 Å². The van der Waals surface area contributed by atoms with Crippen molar-refractivity contribution in [2.75, 3.05) is 20.1 Å². The summed E-state index contributed by atoms with van der Waals surface area (Å²) in [5, 5.41) is 9.93. The van der Waals surface area contributed by atoms with Gasteiger partial charge >= 0.3 is 6.18 Å². The average molecular weight is 317 g/mol. The van der Waals surface area contributed by atoms with Crippen LogP contribution in [-0.4, -0.2) is 42.4 Å². The first-order valence-electron chi connectivity index (χ1n) is 7.76. The van der Waals surface area contributed by atoms with Gasteiger partial charge in [-0.05, 0) is 45.5 Å². The second-order valence-electron chi connectivity index (χ2n) is 5.77. The predicted molar refractivity (Wildman–Crippen MR) is 83.0 cm³/mol. The van der Waals surface area contributed by atoms with Crippen molar-refractivity contribution in [2.24, 2.45) is 0 Å². The molecule has 0 aromatic heterocycles. The lowest BCUT2D eigenvalue weighted by Crippen LogP contribution is -2.53. The first kappa shape index (κ1) is 19.0. The van der Waals surface area contributed by atoms with E-state index in [1.807, 2.05) is 32.7 Å². The van der Waals surface area contributed by atoms with Gasteiger partial charge in [0.25, 0.3) is 0 Å². The fourth-order valence-corrected chi connectivity index (χ4v) is 2.94. The third-order valence-corrected chi connectivity index (χ3v) is 4.34. The Kier molecular flexibility index (Phi) is 6.44. The van der Waals surface area contributed by atoms with E-state index in [2.05, 4.69) is 0 Å². The van der Waals surface area contributed by atoms with Gasteiger partial charge in [-0.25, -0.2) is 0 Å². The van der Waals surface area contributed by atoms with E-state index in [1.54, 1.807) is 24.3 Å². The fourth-order valence-electron chi connectivity index (χ4n) is 2.94. The molecule has 1 saturated heterocycles. The number of benzene rings is 1. The number of aliphatic hydroxyl groups is 1. The molecule has 1 heterocycles. The molecule has 22 heavy (non-hydrogen) atoms. The van der Waals surface area contributed by atoms with E-state index in [9.17, 15) is 18.3 Å². The Hall–Kier alpha value is -1.07. The molecule has 1 N–H and O–H groups in total. The molecule has 0 spiro atoms. The molecule has 0 aliphatic carbocycles. The number of nitrogens with zero attached hydrogens (tertiary/aromatic N) is 1. The van der Waals surface area contributed by atoms with Crippen LogP contribution in [-0.2, 0) is 5.41 Å². The topological polar surface area (TPSA) is 23.5 Å². The Morgan fingerprint density at radius 2 is 1.55 bits per heavy atom. The van der Waals surface area contributed by atoms with Crippen molar-refractivity contribution in [2.45, 2.75) is 51.3 Å². The van der Waals surface area contributed by atoms with Crippen LogP contribution in [0.2, 0.25) is 0 Å². The number of rotatable bonds is 2. The summed E-state index contributed by atoms with van der Waals surface area (Å²) in [5.41, 5.74) is 0.359. The summed E-state index contributed by atoms with van der Waals surface area (Å²) in [6.07, 6.45) is -6.28. The highest BCUT2D eigenvalue weighted by Crippen LogP contribution is 2.44. The highest BCUT2D eigenvalue weighted by molar-refractivity contribution is 5.31. The maximum atomic E-state index is 13.1. The van der Waals surface area contributed by atoms with Gasteiger partial charge in [0.1, 0.15) is 0 Å². The average Bonchev–Trinajstić information content (AvgIpc) is 2.50. The first-order chi connectivity index (χ1) is 10.3. The molecule has 1 aromatic rings. The second kappa shape index (κ2) is 7.47. The van der Waals surface area contributed by atoms with Gasteiger partial charge in [-0.3, -0.25) is 0 Å². The van der Waals surface area contributed by atoms with Gasteiger partial charge in [-0.15, -0.1) is 0 Å². The molecule has 0 saturated carbocycles. The van der Waals surface area contributed by atoms with Crippen LogP contribution >= 0.6 is 0 Å². The minimum atomic E-state index is -4.60. The van der Waals surface area contributed by atoms with Gasteiger partial charge in [0, 0.05) is 5.41 Å². The normalized spacial score (nSPS) is 20.0. The van der Waals surface area contributed by atoms with Crippen LogP contribution in [0.5, 0.6) is 0 Å². The Labute approximate surface area is 130 Å². The van der Waals surface area contributed by atoms with Gasteiger partial charge in [0.15, 0.2) is 6.10 Å². The zero-order valence-electron chi connectivity index (χ0n) is 13.7. The number of aliphatic hydroxyl groups excluding tert-OH is 1. The monoisotopic (exact) mass is 317 g/mol. The minimum Gasteiger partial charge on any atom is -0.383 e. The molecule has 0 amide bonds. The van der Waals surface area contributed by atoms with E-state index < -0.39 is 17.7 Å². The Morgan fingerprint density at radius 1 is 1.09 bits per heavy atom. The van der Waals surface area contributed by atoms with Crippen LogP contribution in [0.25, 0.3) is 0 Å². The summed E-state index contributed by atoms with van der Waals surface area (Å²) in [6, 6.07) is 7.04. The lowest BCUT2D eigenvalue weighted by Gasteiger charge is -2.44. The molecule has 2 nitrogen and oxygen atoms in total. The number of hydrogen-bond donors (Lipinski definition) is 1. The van der Waals surface area contributed by atoms with Crippen molar-refractivity contribution in [3.05, 3.63) is 35.4 Å². The molecular weight excluding hydrogens is 291 g/mol. The Morgan fingerprint density at radius 3 is 1.95 bits per heavy atom. The SMILES string of the molecule is CC.Cc1ccc(C2(C(O)C(F)(F)F)CCN(C)CC2)cc1. The molecular formula is C17H26F3NO. The van der Waals surface area contributed by atoms with E-state index in [4.69, 9.17) is 0 Å². The van der Waals surface area contributed by atoms with Crippen molar-refractivity contribution < 1.29 is 18.3 Å². The Balaban J connectivity index is 0.00000116. The van der Waals surface area contributed by atoms with Crippen LogP contribution in [0.4, 0.5) is 13.2 Å². The highest BCUT2D eigenvalue weighted by Gasteiger charge is 2.54. The summed E-state index contributed by atoms with van der Waals surface area (Å²) in [4.78, 5) is 2.00. The molecule has 0 radical (unpaired) electrons. The van der Waals surface area contributed by atoms with E-state index in [0.29, 0.717) is 31.5 Å². The maximum absolute atomic E-state index is 13.1. The summed E-state index contributed by atoms with van der Waals surface area (Å²) in [5.74, 6) is 0. The van der Waals surface area contributed by atoms with Gasteiger partial charge in [0.05, 0.1) is 0 Å². The Bertz CT molecular complexity index is 448. The molecule has 1 fully saturated rings. The van der Waals surface area contributed by atoms with Crippen LogP contribution in [0.3, 0.4) is 0 Å². The lowest BCUT2D eigenvalue weighted by molar-refractivity contribution is -0.230. The number of likely N-dealkylation sites (tertiary alicyclic amines) is 1. The molecule has 1 aromatic carbocycles. The van der Waals surface area contributed by atoms with E-state index in [1.165, 1.54) is 0 Å². The highest BCUT2D eigenvalue weighted by atomic mass is 19.4. The first-order valence-corrected chi connectivity index (χ1v) is 7.76. The molecule has 5 heteroatoms. The summed E-state index contributed by atoms with van der Waals surface area (Å²) in [7, 11) is 1.89. The fraction of sp³-hybridized carbons (Fsp3) is 0.647. The molecule has 1 aliphatic heterocycles. The quantitative estimate of drug-likeness (QED) is 0.894. The number of hydrogen-bond acceptors (Lipinski definition) is 2. The molecule has 1 unspecified atom stereocenters. The van der Waals surface area contributed by atoms with Crippen molar-refractivity contribution in [3.8, 4) is 0 Å². The minimum absolute atomic E-state index is 0.313. The van der Waals surface area contributed by atoms with Crippen molar-refractivity contribution in [3.63, 3.8) is 0 Å². The predicted octanol–water partition coefficient (Wildman–Crippen LogP) is 3.91.